The van der Waals surface area contributed by atoms with Crippen LogP contribution in [0.15, 0.2) is 9.95 Å². The van der Waals surface area contributed by atoms with Crippen LogP contribution in [0.25, 0.3) is 0 Å². The summed E-state index contributed by atoms with van der Waals surface area (Å²) >= 11 is 1.68. The molecule has 16 heavy (non-hydrogen) atoms. The van der Waals surface area contributed by atoms with E-state index >= 15 is 0 Å². The van der Waals surface area contributed by atoms with Crippen molar-refractivity contribution < 1.29 is 0 Å². The third-order valence-electron chi connectivity index (χ3n) is 2.79. The molecule has 0 atom stereocenters. The Morgan fingerprint density at radius 1 is 1.56 bits per heavy atom. The highest BCUT2D eigenvalue weighted by Gasteiger charge is 2.16. The van der Waals surface area contributed by atoms with Crippen LogP contribution in [0.2, 0.25) is 0 Å². The molecule has 0 unspecified atom stereocenters. The summed E-state index contributed by atoms with van der Waals surface area (Å²) in [5.41, 5.74) is -0.0883. The maximum Gasteiger partial charge on any atom is 0.343 e. The lowest BCUT2D eigenvalue weighted by Crippen LogP contribution is -2.42. The van der Waals surface area contributed by atoms with Crippen molar-refractivity contribution in [3.8, 4) is 0 Å². The molecule has 0 aliphatic carbocycles. The summed E-state index contributed by atoms with van der Waals surface area (Å²) in [6.07, 6.45) is 2.16. The predicted octanol–water partition coefficient (Wildman–Crippen LogP) is 0.683. The SMILES string of the molecule is CCCn1c(SCCC2CNC2)n[nH]c1=O. The van der Waals surface area contributed by atoms with Crippen molar-refractivity contribution >= 4 is 11.8 Å². The number of hydrogen-bond acceptors (Lipinski definition) is 4. The second-order valence-electron chi connectivity index (χ2n) is 4.12. The van der Waals surface area contributed by atoms with Crippen molar-refractivity contribution in [1.29, 1.82) is 0 Å². The van der Waals surface area contributed by atoms with Gasteiger partial charge in [-0.15, -0.1) is 5.10 Å². The van der Waals surface area contributed by atoms with Crippen molar-refractivity contribution in [3.05, 3.63) is 10.5 Å². The number of nitrogens with one attached hydrogen (secondary N) is 2. The molecule has 0 bridgehead atoms. The van der Waals surface area contributed by atoms with E-state index in [4.69, 9.17) is 0 Å². The molecule has 1 aliphatic heterocycles. The van der Waals surface area contributed by atoms with Gasteiger partial charge in [0.25, 0.3) is 0 Å². The van der Waals surface area contributed by atoms with Crippen LogP contribution in [-0.2, 0) is 6.54 Å². The topological polar surface area (TPSA) is 62.7 Å². The van der Waals surface area contributed by atoms with Crippen LogP contribution in [0.4, 0.5) is 0 Å². The van der Waals surface area contributed by atoms with Gasteiger partial charge in [-0.3, -0.25) is 4.57 Å². The van der Waals surface area contributed by atoms with Crippen molar-refractivity contribution in [3.63, 3.8) is 0 Å². The molecule has 5 nitrogen and oxygen atoms in total. The molecule has 1 saturated heterocycles. The van der Waals surface area contributed by atoms with Crippen LogP contribution in [-0.4, -0.2) is 33.6 Å². The number of nitrogens with zero attached hydrogens (tertiary/aromatic N) is 2. The lowest BCUT2D eigenvalue weighted by Gasteiger charge is -2.26. The van der Waals surface area contributed by atoms with E-state index in [0.717, 1.165) is 42.9 Å². The molecule has 2 rings (SSSR count). The van der Waals surface area contributed by atoms with Crippen molar-refractivity contribution in [2.24, 2.45) is 5.92 Å². The maximum absolute atomic E-state index is 11.4. The number of H-pyrrole nitrogens is 1. The molecule has 0 spiro atoms. The Morgan fingerprint density at radius 2 is 2.38 bits per heavy atom. The van der Waals surface area contributed by atoms with E-state index in [9.17, 15) is 4.79 Å². The third kappa shape index (κ3) is 2.68. The molecule has 0 amide bonds. The van der Waals surface area contributed by atoms with E-state index in [0.29, 0.717) is 0 Å². The first kappa shape index (κ1) is 11.7. The number of aromatic nitrogens is 3. The number of hydrogen-bond donors (Lipinski definition) is 2. The summed E-state index contributed by atoms with van der Waals surface area (Å²) in [5.74, 6) is 1.86. The van der Waals surface area contributed by atoms with Crippen LogP contribution in [0.3, 0.4) is 0 Å². The Morgan fingerprint density at radius 3 is 3.00 bits per heavy atom. The van der Waals surface area contributed by atoms with Crippen molar-refractivity contribution in [2.75, 3.05) is 18.8 Å². The molecule has 0 aromatic carbocycles. The maximum atomic E-state index is 11.4. The highest BCUT2D eigenvalue weighted by atomic mass is 32.2. The molecule has 1 fully saturated rings. The molecule has 1 aliphatic rings. The van der Waals surface area contributed by atoms with E-state index in [1.165, 1.54) is 6.42 Å². The fourth-order valence-corrected chi connectivity index (χ4v) is 2.78. The molecular formula is C10H18N4OS. The summed E-state index contributed by atoms with van der Waals surface area (Å²) in [5, 5.41) is 10.7. The van der Waals surface area contributed by atoms with Crippen molar-refractivity contribution in [1.82, 2.24) is 20.1 Å². The van der Waals surface area contributed by atoms with Gasteiger partial charge in [0.1, 0.15) is 0 Å². The molecule has 90 valence electrons. The number of aromatic amines is 1. The number of thioether (sulfide) groups is 1. The zero-order chi connectivity index (χ0) is 11.4. The van der Waals surface area contributed by atoms with E-state index in [2.05, 4.69) is 22.4 Å². The first-order chi connectivity index (χ1) is 7.81. The summed E-state index contributed by atoms with van der Waals surface area (Å²) in [4.78, 5) is 11.4. The summed E-state index contributed by atoms with van der Waals surface area (Å²) in [6, 6.07) is 0. The molecule has 0 radical (unpaired) electrons. The van der Waals surface area contributed by atoms with Gasteiger partial charge in [-0.05, 0) is 31.8 Å². The fraction of sp³-hybridized carbons (Fsp3) is 0.800. The smallest absolute Gasteiger partial charge is 0.316 e. The summed E-state index contributed by atoms with van der Waals surface area (Å²) in [6.45, 7) is 5.10. The van der Waals surface area contributed by atoms with Crippen molar-refractivity contribution in [2.45, 2.75) is 31.5 Å². The summed E-state index contributed by atoms with van der Waals surface area (Å²) in [7, 11) is 0. The van der Waals surface area contributed by atoms with Gasteiger partial charge in [0.05, 0.1) is 0 Å². The zero-order valence-electron chi connectivity index (χ0n) is 9.53. The van der Waals surface area contributed by atoms with E-state index in [1.807, 2.05) is 0 Å². The van der Waals surface area contributed by atoms with Gasteiger partial charge < -0.3 is 5.32 Å². The summed E-state index contributed by atoms with van der Waals surface area (Å²) < 4.78 is 1.73. The van der Waals surface area contributed by atoms with Crippen LogP contribution in [0.5, 0.6) is 0 Å². The standard InChI is InChI=1S/C10H18N4OS/c1-2-4-14-9(15)12-13-10(14)16-5-3-8-6-11-7-8/h8,11H,2-7H2,1H3,(H,12,15). The minimum atomic E-state index is -0.0883. The highest BCUT2D eigenvalue weighted by Crippen LogP contribution is 2.18. The Hall–Kier alpha value is -0.750. The first-order valence-electron chi connectivity index (χ1n) is 5.80. The monoisotopic (exact) mass is 242 g/mol. The Labute approximate surface area is 99.0 Å². The minimum absolute atomic E-state index is 0.0883. The van der Waals surface area contributed by atoms with E-state index in [-0.39, 0.29) is 5.69 Å². The van der Waals surface area contributed by atoms with Gasteiger partial charge in [-0.1, -0.05) is 18.7 Å². The largest absolute Gasteiger partial charge is 0.343 e. The van der Waals surface area contributed by atoms with Crippen LogP contribution in [0.1, 0.15) is 19.8 Å². The normalized spacial score (nSPS) is 16.3. The van der Waals surface area contributed by atoms with Gasteiger partial charge in [-0.25, -0.2) is 9.89 Å². The van der Waals surface area contributed by atoms with Gasteiger partial charge >= 0.3 is 5.69 Å². The predicted molar refractivity (Wildman–Crippen MR) is 64.8 cm³/mol. The van der Waals surface area contributed by atoms with Crippen LogP contribution >= 0.6 is 11.8 Å². The van der Waals surface area contributed by atoms with Crippen LogP contribution < -0.4 is 11.0 Å². The average Bonchev–Trinajstić information content (AvgIpc) is 2.54. The van der Waals surface area contributed by atoms with Gasteiger partial charge in [-0.2, -0.15) is 0 Å². The molecule has 6 heteroatoms. The van der Waals surface area contributed by atoms with Crippen LogP contribution in [0, 0.1) is 5.92 Å². The first-order valence-corrected chi connectivity index (χ1v) is 6.78. The second-order valence-corrected chi connectivity index (χ2v) is 5.19. The third-order valence-corrected chi connectivity index (χ3v) is 3.80. The zero-order valence-corrected chi connectivity index (χ0v) is 10.3. The van der Waals surface area contributed by atoms with Gasteiger partial charge in [0, 0.05) is 12.3 Å². The van der Waals surface area contributed by atoms with Gasteiger partial charge in [0.2, 0.25) is 0 Å². The fourth-order valence-electron chi connectivity index (χ4n) is 1.70. The number of rotatable bonds is 6. The molecule has 0 saturated carbocycles. The quantitative estimate of drug-likeness (QED) is 0.720. The molecular weight excluding hydrogens is 224 g/mol. The van der Waals surface area contributed by atoms with E-state index in [1.54, 1.807) is 16.3 Å². The molecule has 1 aromatic rings. The van der Waals surface area contributed by atoms with E-state index < -0.39 is 0 Å². The lowest BCUT2D eigenvalue weighted by molar-refractivity contribution is 0.341. The Balaban J connectivity index is 1.85. The van der Waals surface area contributed by atoms with Gasteiger partial charge in [0.15, 0.2) is 5.16 Å². The highest BCUT2D eigenvalue weighted by molar-refractivity contribution is 7.99. The second kappa shape index (κ2) is 5.54. The molecule has 2 heterocycles. The molecule has 1 aromatic heterocycles. The minimum Gasteiger partial charge on any atom is -0.316 e. The molecule has 2 N–H and O–H groups in total. The Bertz CT molecular complexity index is 382. The average molecular weight is 242 g/mol. The Kier molecular flexibility index (Phi) is 4.06. The lowest BCUT2D eigenvalue weighted by atomic mass is 10.0.